The summed E-state index contributed by atoms with van der Waals surface area (Å²) in [5.41, 5.74) is 2.86. The number of rotatable bonds is 6. The third-order valence-electron chi connectivity index (χ3n) is 4.61. The fourth-order valence-electron chi connectivity index (χ4n) is 3.22. The first-order chi connectivity index (χ1) is 13.4. The van der Waals surface area contributed by atoms with Crippen LogP contribution in [0.15, 0.2) is 61.2 Å². The number of nitrogens with one attached hydrogen (secondary N) is 1. The van der Waals surface area contributed by atoms with Crippen molar-refractivity contribution in [2.24, 2.45) is 0 Å². The van der Waals surface area contributed by atoms with E-state index in [-0.39, 0.29) is 6.04 Å². The Kier molecular flexibility index (Phi) is 5.61. The molecule has 3 aromatic rings. The molecule has 0 amide bonds. The first kappa shape index (κ1) is 17.5. The number of pyridine rings is 2. The molecule has 138 valence electrons. The first-order valence-corrected chi connectivity index (χ1v) is 9.10. The summed E-state index contributed by atoms with van der Waals surface area (Å²) in [7, 11) is 0. The summed E-state index contributed by atoms with van der Waals surface area (Å²) >= 11 is 0. The Morgan fingerprint density at radius 2 is 1.78 bits per heavy atom. The van der Waals surface area contributed by atoms with Gasteiger partial charge in [-0.05, 0) is 35.9 Å². The summed E-state index contributed by atoms with van der Waals surface area (Å²) in [6, 6.07) is 12.0. The van der Waals surface area contributed by atoms with Crippen LogP contribution in [0.1, 0.15) is 11.6 Å². The van der Waals surface area contributed by atoms with E-state index in [0.29, 0.717) is 12.5 Å². The summed E-state index contributed by atoms with van der Waals surface area (Å²) in [4.78, 5) is 19.9. The predicted molar refractivity (Wildman–Crippen MR) is 103 cm³/mol. The van der Waals surface area contributed by atoms with Gasteiger partial charge in [-0.1, -0.05) is 6.07 Å². The highest BCUT2D eigenvalue weighted by Crippen LogP contribution is 2.22. The van der Waals surface area contributed by atoms with Crippen molar-refractivity contribution in [1.29, 1.82) is 0 Å². The summed E-state index contributed by atoms with van der Waals surface area (Å²) in [5, 5.41) is 3.40. The largest absolute Gasteiger partial charge is 0.379 e. The number of aromatic nitrogens is 4. The lowest BCUT2D eigenvalue weighted by molar-refractivity contribution is 0.0186. The molecule has 0 aliphatic carbocycles. The first-order valence-electron chi connectivity index (χ1n) is 9.10. The predicted octanol–water partition coefficient (Wildman–Crippen LogP) is 2.42. The van der Waals surface area contributed by atoms with Crippen LogP contribution >= 0.6 is 0 Å². The molecule has 7 nitrogen and oxygen atoms in total. The van der Waals surface area contributed by atoms with Crippen LogP contribution in [0.3, 0.4) is 0 Å². The van der Waals surface area contributed by atoms with Crippen LogP contribution in [0.2, 0.25) is 0 Å². The Bertz CT molecular complexity index is 839. The highest BCUT2D eigenvalue weighted by atomic mass is 16.5. The van der Waals surface area contributed by atoms with Gasteiger partial charge in [-0.15, -0.1) is 0 Å². The van der Waals surface area contributed by atoms with E-state index in [0.717, 1.165) is 37.7 Å². The summed E-state index contributed by atoms with van der Waals surface area (Å²) in [6.07, 6.45) is 7.19. The molecule has 1 saturated heterocycles. The maximum atomic E-state index is 5.51. The van der Waals surface area contributed by atoms with Gasteiger partial charge in [0.2, 0.25) is 5.95 Å². The number of hydrogen-bond acceptors (Lipinski definition) is 7. The van der Waals surface area contributed by atoms with E-state index in [1.54, 1.807) is 12.4 Å². The Hall–Kier alpha value is -2.90. The fraction of sp³-hybridized carbons (Fsp3) is 0.300. The standard InChI is InChI=1S/C20H22N6O/c1-2-7-22-17(3-1)18-6-10-23-20(25-18)24-15-19(16-4-8-21-9-5-16)26-11-13-27-14-12-26/h1-10,19H,11-15H2,(H,23,24,25). The van der Waals surface area contributed by atoms with Gasteiger partial charge in [0.05, 0.1) is 30.6 Å². The molecule has 1 aliphatic rings. The second-order valence-electron chi connectivity index (χ2n) is 6.31. The van der Waals surface area contributed by atoms with Crippen LogP contribution in [0.4, 0.5) is 5.95 Å². The Morgan fingerprint density at radius 3 is 2.56 bits per heavy atom. The Balaban J connectivity index is 1.51. The summed E-state index contributed by atoms with van der Waals surface area (Å²) < 4.78 is 5.51. The monoisotopic (exact) mass is 362 g/mol. The van der Waals surface area contributed by atoms with Crippen molar-refractivity contribution >= 4 is 5.95 Å². The van der Waals surface area contributed by atoms with Gasteiger partial charge in [-0.3, -0.25) is 14.9 Å². The molecule has 0 saturated carbocycles. The van der Waals surface area contributed by atoms with Gasteiger partial charge in [0, 0.05) is 44.4 Å². The Morgan fingerprint density at radius 1 is 0.926 bits per heavy atom. The maximum Gasteiger partial charge on any atom is 0.223 e. The van der Waals surface area contributed by atoms with Crippen LogP contribution in [0.25, 0.3) is 11.4 Å². The van der Waals surface area contributed by atoms with Crippen molar-refractivity contribution in [3.05, 3.63) is 66.7 Å². The van der Waals surface area contributed by atoms with E-state index in [2.05, 4.69) is 42.3 Å². The third-order valence-corrected chi connectivity index (χ3v) is 4.61. The highest BCUT2D eigenvalue weighted by Gasteiger charge is 2.22. The molecule has 1 unspecified atom stereocenters. The van der Waals surface area contributed by atoms with Crippen LogP contribution in [0, 0.1) is 0 Å². The number of nitrogens with zero attached hydrogens (tertiary/aromatic N) is 5. The van der Waals surface area contributed by atoms with Crippen LogP contribution in [-0.2, 0) is 4.74 Å². The zero-order valence-electron chi connectivity index (χ0n) is 15.0. The van der Waals surface area contributed by atoms with Crippen molar-refractivity contribution < 1.29 is 4.74 Å². The molecular formula is C20H22N6O. The number of morpholine rings is 1. The molecule has 1 N–H and O–H groups in total. The number of hydrogen-bond donors (Lipinski definition) is 1. The van der Waals surface area contributed by atoms with E-state index in [1.165, 1.54) is 5.56 Å². The second kappa shape index (κ2) is 8.66. The molecular weight excluding hydrogens is 340 g/mol. The lowest BCUT2D eigenvalue weighted by atomic mass is 10.1. The van der Waals surface area contributed by atoms with Gasteiger partial charge in [-0.25, -0.2) is 9.97 Å². The van der Waals surface area contributed by atoms with E-state index in [1.807, 2.05) is 36.7 Å². The zero-order valence-corrected chi connectivity index (χ0v) is 15.0. The summed E-state index contributed by atoms with van der Waals surface area (Å²) in [5.74, 6) is 0.602. The van der Waals surface area contributed by atoms with Gasteiger partial charge >= 0.3 is 0 Å². The van der Waals surface area contributed by atoms with Crippen LogP contribution in [0.5, 0.6) is 0 Å². The van der Waals surface area contributed by atoms with E-state index in [9.17, 15) is 0 Å². The fourth-order valence-corrected chi connectivity index (χ4v) is 3.22. The smallest absolute Gasteiger partial charge is 0.223 e. The molecule has 1 aliphatic heterocycles. The van der Waals surface area contributed by atoms with Crippen molar-refractivity contribution in [3.63, 3.8) is 0 Å². The molecule has 27 heavy (non-hydrogen) atoms. The van der Waals surface area contributed by atoms with Crippen LogP contribution in [-0.4, -0.2) is 57.7 Å². The minimum Gasteiger partial charge on any atom is -0.379 e. The quantitative estimate of drug-likeness (QED) is 0.722. The molecule has 1 atom stereocenters. The topological polar surface area (TPSA) is 76.1 Å². The van der Waals surface area contributed by atoms with Gasteiger partial charge in [0.15, 0.2) is 0 Å². The van der Waals surface area contributed by atoms with Crippen molar-refractivity contribution in [2.75, 3.05) is 38.2 Å². The SMILES string of the molecule is c1ccc(-c2ccnc(NCC(c3ccncc3)N3CCOCC3)n2)nc1. The normalized spacial score (nSPS) is 16.0. The van der Waals surface area contributed by atoms with Gasteiger partial charge in [0.1, 0.15) is 0 Å². The maximum absolute atomic E-state index is 5.51. The molecule has 0 spiro atoms. The second-order valence-corrected chi connectivity index (χ2v) is 6.31. The third kappa shape index (κ3) is 4.45. The van der Waals surface area contributed by atoms with E-state index in [4.69, 9.17) is 4.74 Å². The van der Waals surface area contributed by atoms with Crippen molar-refractivity contribution in [3.8, 4) is 11.4 Å². The molecule has 1 fully saturated rings. The highest BCUT2D eigenvalue weighted by molar-refractivity contribution is 5.54. The molecule has 4 heterocycles. The van der Waals surface area contributed by atoms with Gasteiger partial charge in [-0.2, -0.15) is 0 Å². The molecule has 4 rings (SSSR count). The average Bonchev–Trinajstić information content (AvgIpc) is 2.76. The minimum absolute atomic E-state index is 0.207. The van der Waals surface area contributed by atoms with Crippen LogP contribution < -0.4 is 5.32 Å². The van der Waals surface area contributed by atoms with Crippen molar-refractivity contribution in [2.45, 2.75) is 6.04 Å². The molecule has 0 bridgehead atoms. The number of ether oxygens (including phenoxy) is 1. The number of anilines is 1. The average molecular weight is 362 g/mol. The van der Waals surface area contributed by atoms with Gasteiger partial charge < -0.3 is 10.1 Å². The van der Waals surface area contributed by atoms with E-state index < -0.39 is 0 Å². The molecule has 0 aromatic carbocycles. The zero-order chi connectivity index (χ0) is 18.3. The Labute approximate surface area is 158 Å². The molecule has 7 heteroatoms. The van der Waals surface area contributed by atoms with Gasteiger partial charge in [0.25, 0.3) is 0 Å². The minimum atomic E-state index is 0.207. The van der Waals surface area contributed by atoms with Crippen molar-refractivity contribution in [1.82, 2.24) is 24.8 Å². The lowest BCUT2D eigenvalue weighted by Gasteiger charge is -2.34. The molecule has 3 aromatic heterocycles. The lowest BCUT2D eigenvalue weighted by Crippen LogP contribution is -2.41. The van der Waals surface area contributed by atoms with E-state index >= 15 is 0 Å². The summed E-state index contributed by atoms with van der Waals surface area (Å²) in [6.45, 7) is 4.03. The molecule has 0 radical (unpaired) electrons.